The van der Waals surface area contributed by atoms with Crippen LogP contribution < -0.4 is 5.32 Å². The van der Waals surface area contributed by atoms with E-state index in [0.717, 1.165) is 12.2 Å². The maximum absolute atomic E-state index is 11.1. The third-order valence-electron chi connectivity index (χ3n) is 2.48. The summed E-state index contributed by atoms with van der Waals surface area (Å²) in [6, 6.07) is 5.04. The fourth-order valence-electron chi connectivity index (χ4n) is 1.73. The Balaban J connectivity index is 2.51. The standard InChI is InChI=1S/C12H21NOS2/c1-5-11-6-7-12(15-11)10(3)13-9(2)8-16(4)14/h6-7,9-10,13H,5,8H2,1-4H3. The van der Waals surface area contributed by atoms with E-state index >= 15 is 0 Å². The summed E-state index contributed by atoms with van der Waals surface area (Å²) in [7, 11) is -0.724. The summed E-state index contributed by atoms with van der Waals surface area (Å²) in [5.74, 6) is 0.719. The quantitative estimate of drug-likeness (QED) is 0.851. The maximum atomic E-state index is 11.1. The van der Waals surface area contributed by atoms with Crippen LogP contribution in [-0.4, -0.2) is 22.3 Å². The molecule has 16 heavy (non-hydrogen) atoms. The van der Waals surface area contributed by atoms with Gasteiger partial charge in [-0.15, -0.1) is 11.3 Å². The summed E-state index contributed by atoms with van der Waals surface area (Å²) in [4.78, 5) is 2.79. The Morgan fingerprint density at radius 1 is 1.44 bits per heavy atom. The minimum atomic E-state index is -0.724. The lowest BCUT2D eigenvalue weighted by molar-refractivity contribution is 0.513. The minimum absolute atomic E-state index is 0.299. The van der Waals surface area contributed by atoms with Crippen LogP contribution in [0.3, 0.4) is 0 Å². The molecule has 0 radical (unpaired) electrons. The van der Waals surface area contributed by atoms with E-state index < -0.39 is 10.8 Å². The van der Waals surface area contributed by atoms with Crippen molar-refractivity contribution in [2.75, 3.05) is 12.0 Å². The second-order valence-electron chi connectivity index (χ2n) is 4.19. The van der Waals surface area contributed by atoms with Crippen molar-refractivity contribution in [3.05, 3.63) is 21.9 Å². The van der Waals surface area contributed by atoms with Crippen LogP contribution in [0.4, 0.5) is 0 Å². The molecule has 3 unspecified atom stereocenters. The molecule has 1 N–H and O–H groups in total. The van der Waals surface area contributed by atoms with E-state index in [2.05, 4.69) is 38.2 Å². The van der Waals surface area contributed by atoms with Crippen molar-refractivity contribution in [2.45, 2.75) is 39.3 Å². The predicted molar refractivity (Wildman–Crippen MR) is 73.6 cm³/mol. The van der Waals surface area contributed by atoms with E-state index in [4.69, 9.17) is 0 Å². The zero-order valence-electron chi connectivity index (χ0n) is 10.4. The number of rotatable bonds is 6. The monoisotopic (exact) mass is 259 g/mol. The van der Waals surface area contributed by atoms with Gasteiger partial charge in [0.15, 0.2) is 0 Å². The Bertz CT molecular complexity index is 349. The van der Waals surface area contributed by atoms with Crippen molar-refractivity contribution in [1.82, 2.24) is 5.32 Å². The van der Waals surface area contributed by atoms with Crippen molar-refractivity contribution >= 4 is 22.1 Å². The molecule has 0 saturated heterocycles. The van der Waals surface area contributed by atoms with Gasteiger partial charge in [-0.25, -0.2) is 0 Å². The van der Waals surface area contributed by atoms with Gasteiger partial charge in [0, 0.05) is 44.6 Å². The normalized spacial score (nSPS) is 17.0. The highest BCUT2D eigenvalue weighted by Gasteiger charge is 2.12. The lowest BCUT2D eigenvalue weighted by atomic mass is 10.2. The Labute approximate surface area is 105 Å². The molecule has 0 fully saturated rings. The highest BCUT2D eigenvalue weighted by Crippen LogP contribution is 2.23. The van der Waals surface area contributed by atoms with E-state index in [9.17, 15) is 4.21 Å². The van der Waals surface area contributed by atoms with E-state index in [0.29, 0.717) is 12.1 Å². The van der Waals surface area contributed by atoms with Gasteiger partial charge in [-0.2, -0.15) is 0 Å². The van der Waals surface area contributed by atoms with E-state index in [1.807, 2.05) is 11.3 Å². The zero-order valence-corrected chi connectivity index (χ0v) is 12.1. The summed E-state index contributed by atoms with van der Waals surface area (Å²) >= 11 is 1.86. The summed E-state index contributed by atoms with van der Waals surface area (Å²) in [5.41, 5.74) is 0. The van der Waals surface area contributed by atoms with Gasteiger partial charge >= 0.3 is 0 Å². The Morgan fingerprint density at radius 3 is 2.62 bits per heavy atom. The van der Waals surface area contributed by atoms with Gasteiger partial charge in [-0.1, -0.05) is 6.92 Å². The molecule has 1 aromatic heterocycles. The molecular weight excluding hydrogens is 238 g/mol. The average molecular weight is 259 g/mol. The van der Waals surface area contributed by atoms with Crippen LogP contribution in [-0.2, 0) is 17.2 Å². The fourth-order valence-corrected chi connectivity index (χ4v) is 3.49. The van der Waals surface area contributed by atoms with E-state index in [1.165, 1.54) is 9.75 Å². The molecule has 0 amide bonds. The number of aryl methyl sites for hydroxylation is 1. The lowest BCUT2D eigenvalue weighted by Gasteiger charge is -2.18. The number of thiophene rings is 1. The van der Waals surface area contributed by atoms with Crippen molar-refractivity contribution in [1.29, 1.82) is 0 Å². The molecule has 3 atom stereocenters. The first-order valence-electron chi connectivity index (χ1n) is 5.67. The Morgan fingerprint density at radius 2 is 2.12 bits per heavy atom. The van der Waals surface area contributed by atoms with Gasteiger partial charge in [0.1, 0.15) is 0 Å². The fraction of sp³-hybridized carbons (Fsp3) is 0.667. The van der Waals surface area contributed by atoms with E-state index in [1.54, 1.807) is 6.26 Å². The summed E-state index contributed by atoms with van der Waals surface area (Å²) in [6.45, 7) is 6.43. The average Bonchev–Trinajstić information content (AvgIpc) is 2.64. The Hall–Kier alpha value is -0.190. The molecule has 1 aromatic rings. The van der Waals surface area contributed by atoms with Crippen LogP contribution in [0.1, 0.15) is 36.6 Å². The molecule has 1 rings (SSSR count). The molecule has 92 valence electrons. The summed E-state index contributed by atoms with van der Waals surface area (Å²) in [5, 5.41) is 3.48. The predicted octanol–water partition coefficient (Wildman–Crippen LogP) is 2.73. The van der Waals surface area contributed by atoms with Gasteiger partial charge in [-0.3, -0.25) is 4.21 Å². The van der Waals surface area contributed by atoms with Crippen LogP contribution in [0.2, 0.25) is 0 Å². The highest BCUT2D eigenvalue weighted by molar-refractivity contribution is 7.84. The number of hydrogen-bond donors (Lipinski definition) is 1. The molecule has 0 aromatic carbocycles. The first kappa shape index (κ1) is 13.9. The topological polar surface area (TPSA) is 29.1 Å². The maximum Gasteiger partial charge on any atom is 0.0388 e. The largest absolute Gasteiger partial charge is 0.306 e. The lowest BCUT2D eigenvalue weighted by Crippen LogP contribution is -2.32. The van der Waals surface area contributed by atoms with Crippen molar-refractivity contribution in [2.24, 2.45) is 0 Å². The molecule has 2 nitrogen and oxygen atoms in total. The van der Waals surface area contributed by atoms with Gasteiger partial charge in [0.25, 0.3) is 0 Å². The molecule has 0 aliphatic heterocycles. The molecule has 0 aliphatic rings. The SMILES string of the molecule is CCc1ccc(C(C)NC(C)CS(C)=O)s1. The van der Waals surface area contributed by atoms with Crippen molar-refractivity contribution < 1.29 is 4.21 Å². The number of nitrogens with one attached hydrogen (secondary N) is 1. The van der Waals surface area contributed by atoms with Crippen molar-refractivity contribution in [3.63, 3.8) is 0 Å². The molecular formula is C12H21NOS2. The zero-order chi connectivity index (χ0) is 12.1. The highest BCUT2D eigenvalue weighted by atomic mass is 32.2. The van der Waals surface area contributed by atoms with Crippen LogP contribution in [0.15, 0.2) is 12.1 Å². The first-order valence-corrected chi connectivity index (χ1v) is 8.22. The first-order chi connectivity index (χ1) is 7.52. The smallest absolute Gasteiger partial charge is 0.0388 e. The molecule has 0 spiro atoms. The summed E-state index contributed by atoms with van der Waals surface area (Å²) < 4.78 is 11.1. The Kier molecular flexibility index (Phi) is 5.66. The molecule has 0 saturated carbocycles. The van der Waals surface area contributed by atoms with Crippen LogP contribution in [0.25, 0.3) is 0 Å². The molecule has 0 aliphatic carbocycles. The van der Waals surface area contributed by atoms with Crippen molar-refractivity contribution in [3.8, 4) is 0 Å². The van der Waals surface area contributed by atoms with Gasteiger partial charge in [-0.05, 0) is 32.4 Å². The van der Waals surface area contributed by atoms with Crippen LogP contribution in [0.5, 0.6) is 0 Å². The molecule has 0 bridgehead atoms. The number of hydrogen-bond acceptors (Lipinski definition) is 3. The molecule has 1 heterocycles. The second-order valence-corrected chi connectivity index (χ2v) is 6.87. The van der Waals surface area contributed by atoms with Gasteiger partial charge < -0.3 is 5.32 Å². The third kappa shape index (κ3) is 4.36. The van der Waals surface area contributed by atoms with Gasteiger partial charge in [0.2, 0.25) is 0 Å². The van der Waals surface area contributed by atoms with Crippen LogP contribution >= 0.6 is 11.3 Å². The third-order valence-corrected chi connectivity index (χ3v) is 4.86. The minimum Gasteiger partial charge on any atom is -0.306 e. The second kappa shape index (κ2) is 6.52. The summed E-state index contributed by atoms with van der Waals surface area (Å²) in [6.07, 6.45) is 2.86. The van der Waals surface area contributed by atoms with E-state index in [-0.39, 0.29) is 0 Å². The molecule has 4 heteroatoms. The van der Waals surface area contributed by atoms with Crippen LogP contribution in [0, 0.1) is 0 Å². The van der Waals surface area contributed by atoms with Gasteiger partial charge in [0.05, 0.1) is 0 Å².